The van der Waals surface area contributed by atoms with Crippen LogP contribution < -0.4 is 16.4 Å². The Kier molecular flexibility index (Phi) is 4.55. The van der Waals surface area contributed by atoms with Crippen LogP contribution in [0.2, 0.25) is 0 Å². The molecule has 0 bridgehead atoms. The molecular weight excluding hydrogens is 269 g/mol. The average molecular weight is 287 g/mol. The van der Waals surface area contributed by atoms with Crippen LogP contribution in [0.5, 0.6) is 0 Å². The normalized spacial score (nSPS) is 13.3. The first kappa shape index (κ1) is 15.0. The third-order valence-electron chi connectivity index (χ3n) is 3.33. The fourth-order valence-electron chi connectivity index (χ4n) is 2.01. The number of hydrogen-bond acceptors (Lipinski definition) is 2. The molecule has 0 aliphatic rings. The number of rotatable bonds is 4. The Balaban J connectivity index is 2.12. The van der Waals surface area contributed by atoms with Gasteiger partial charge in [0.15, 0.2) is 0 Å². The molecule has 0 heterocycles. The number of carbonyl (C=O) groups is 1. The summed E-state index contributed by atoms with van der Waals surface area (Å²) in [4.78, 5) is 12.1. The highest BCUT2D eigenvalue weighted by atomic mass is 19.1. The van der Waals surface area contributed by atoms with Gasteiger partial charge in [-0.05, 0) is 24.6 Å². The number of urea groups is 1. The molecule has 0 aliphatic heterocycles. The second-order valence-corrected chi connectivity index (χ2v) is 4.96. The summed E-state index contributed by atoms with van der Waals surface area (Å²) >= 11 is 0. The molecule has 2 amide bonds. The predicted octanol–water partition coefficient (Wildman–Crippen LogP) is 2.82. The van der Waals surface area contributed by atoms with Gasteiger partial charge in [-0.1, -0.05) is 42.5 Å². The molecule has 2 aromatic rings. The van der Waals surface area contributed by atoms with Gasteiger partial charge in [0.1, 0.15) is 5.82 Å². The SMILES string of the molecule is CC(CN)(NC(=O)Nc1ccccc1F)c1ccccc1. The van der Waals surface area contributed by atoms with Crippen LogP contribution in [-0.2, 0) is 5.54 Å². The summed E-state index contributed by atoms with van der Waals surface area (Å²) in [6, 6.07) is 14.9. The van der Waals surface area contributed by atoms with Crippen LogP contribution in [0.15, 0.2) is 54.6 Å². The summed E-state index contributed by atoms with van der Waals surface area (Å²) in [5.41, 5.74) is 6.08. The van der Waals surface area contributed by atoms with Crippen LogP contribution in [0.4, 0.5) is 14.9 Å². The van der Waals surface area contributed by atoms with E-state index < -0.39 is 17.4 Å². The molecule has 0 spiro atoms. The van der Waals surface area contributed by atoms with Crippen LogP contribution in [0.3, 0.4) is 0 Å². The van der Waals surface area contributed by atoms with Crippen molar-refractivity contribution in [3.05, 3.63) is 66.0 Å². The van der Waals surface area contributed by atoms with Crippen molar-refractivity contribution in [1.82, 2.24) is 5.32 Å². The lowest BCUT2D eigenvalue weighted by atomic mass is 9.92. The second kappa shape index (κ2) is 6.37. The number of benzene rings is 2. The Morgan fingerprint density at radius 1 is 1.14 bits per heavy atom. The van der Waals surface area contributed by atoms with E-state index in [1.54, 1.807) is 12.1 Å². The van der Waals surface area contributed by atoms with Gasteiger partial charge in [0.2, 0.25) is 0 Å². The summed E-state index contributed by atoms with van der Waals surface area (Å²) < 4.78 is 13.5. The van der Waals surface area contributed by atoms with Crippen molar-refractivity contribution in [3.8, 4) is 0 Å². The van der Waals surface area contributed by atoms with Crippen LogP contribution >= 0.6 is 0 Å². The highest BCUT2D eigenvalue weighted by Crippen LogP contribution is 2.20. The topological polar surface area (TPSA) is 67.1 Å². The first-order valence-electron chi connectivity index (χ1n) is 6.64. The minimum atomic E-state index is -0.726. The molecule has 0 saturated heterocycles. The molecular formula is C16H18FN3O. The van der Waals surface area contributed by atoms with E-state index in [1.165, 1.54) is 12.1 Å². The number of hydrogen-bond donors (Lipinski definition) is 3. The number of nitrogens with two attached hydrogens (primary N) is 1. The van der Waals surface area contributed by atoms with Crippen LogP contribution in [0, 0.1) is 5.82 Å². The Morgan fingerprint density at radius 2 is 1.76 bits per heavy atom. The van der Waals surface area contributed by atoms with E-state index in [1.807, 2.05) is 37.3 Å². The van der Waals surface area contributed by atoms with Crippen molar-refractivity contribution in [3.63, 3.8) is 0 Å². The van der Waals surface area contributed by atoms with Crippen LogP contribution in [0.1, 0.15) is 12.5 Å². The van der Waals surface area contributed by atoms with Gasteiger partial charge in [0.05, 0.1) is 11.2 Å². The molecule has 4 nitrogen and oxygen atoms in total. The largest absolute Gasteiger partial charge is 0.328 e. The first-order valence-corrected chi connectivity index (χ1v) is 6.64. The number of carbonyl (C=O) groups excluding carboxylic acids is 1. The predicted molar refractivity (Wildman–Crippen MR) is 81.4 cm³/mol. The van der Waals surface area contributed by atoms with Gasteiger partial charge in [-0.25, -0.2) is 9.18 Å². The number of halogens is 1. The van der Waals surface area contributed by atoms with Gasteiger partial charge in [0, 0.05) is 6.54 Å². The molecule has 4 N–H and O–H groups in total. The summed E-state index contributed by atoms with van der Waals surface area (Å²) in [6.07, 6.45) is 0. The summed E-state index contributed by atoms with van der Waals surface area (Å²) in [5.74, 6) is -0.484. The lowest BCUT2D eigenvalue weighted by molar-refractivity contribution is 0.240. The molecule has 0 aromatic heterocycles. The quantitative estimate of drug-likeness (QED) is 0.809. The Labute approximate surface area is 123 Å². The molecule has 1 unspecified atom stereocenters. The molecule has 0 fully saturated rings. The van der Waals surface area contributed by atoms with Crippen molar-refractivity contribution in [2.45, 2.75) is 12.5 Å². The molecule has 0 radical (unpaired) electrons. The fraction of sp³-hybridized carbons (Fsp3) is 0.188. The molecule has 21 heavy (non-hydrogen) atoms. The first-order chi connectivity index (χ1) is 10.0. The van der Waals surface area contributed by atoms with Crippen molar-refractivity contribution >= 4 is 11.7 Å². The van der Waals surface area contributed by atoms with Crippen molar-refractivity contribution in [1.29, 1.82) is 0 Å². The van der Waals surface area contributed by atoms with Crippen molar-refractivity contribution < 1.29 is 9.18 Å². The van der Waals surface area contributed by atoms with Crippen molar-refractivity contribution in [2.75, 3.05) is 11.9 Å². The standard InChI is InChI=1S/C16H18FN3O/c1-16(11-18,12-7-3-2-4-8-12)20-15(21)19-14-10-6-5-9-13(14)17/h2-10H,11,18H2,1H3,(H2,19,20,21). The Morgan fingerprint density at radius 3 is 2.38 bits per heavy atom. The lowest BCUT2D eigenvalue weighted by Crippen LogP contribution is -2.50. The number of nitrogens with one attached hydrogen (secondary N) is 2. The molecule has 2 rings (SSSR count). The summed E-state index contributed by atoms with van der Waals surface area (Å²) in [7, 11) is 0. The highest BCUT2D eigenvalue weighted by molar-refractivity contribution is 5.90. The third-order valence-corrected chi connectivity index (χ3v) is 3.33. The van der Waals surface area contributed by atoms with Crippen LogP contribution in [0.25, 0.3) is 0 Å². The minimum absolute atomic E-state index is 0.127. The van der Waals surface area contributed by atoms with Gasteiger partial charge >= 0.3 is 6.03 Å². The Bertz CT molecular complexity index is 618. The lowest BCUT2D eigenvalue weighted by Gasteiger charge is -2.30. The van der Waals surface area contributed by atoms with E-state index >= 15 is 0 Å². The van der Waals surface area contributed by atoms with Gasteiger partial charge in [0.25, 0.3) is 0 Å². The smallest absolute Gasteiger partial charge is 0.320 e. The monoisotopic (exact) mass is 287 g/mol. The number of amides is 2. The minimum Gasteiger partial charge on any atom is -0.328 e. The van der Waals surface area contributed by atoms with E-state index in [0.717, 1.165) is 5.56 Å². The zero-order valence-corrected chi connectivity index (χ0v) is 11.8. The maximum atomic E-state index is 13.5. The van der Waals surface area contributed by atoms with Crippen molar-refractivity contribution in [2.24, 2.45) is 5.73 Å². The summed E-state index contributed by atoms with van der Waals surface area (Å²) in [6.45, 7) is 2.05. The molecule has 0 aliphatic carbocycles. The molecule has 1 atom stereocenters. The zero-order valence-electron chi connectivity index (χ0n) is 11.8. The van der Waals surface area contributed by atoms with E-state index in [2.05, 4.69) is 10.6 Å². The summed E-state index contributed by atoms with van der Waals surface area (Å²) in [5, 5.41) is 5.28. The third kappa shape index (κ3) is 3.58. The van der Waals surface area contributed by atoms with Gasteiger partial charge in [-0.2, -0.15) is 0 Å². The average Bonchev–Trinajstić information content (AvgIpc) is 2.50. The molecule has 0 saturated carbocycles. The molecule has 5 heteroatoms. The van der Waals surface area contributed by atoms with E-state index in [4.69, 9.17) is 5.73 Å². The molecule has 110 valence electrons. The molecule has 2 aromatic carbocycles. The van der Waals surface area contributed by atoms with Gasteiger partial charge in [-0.3, -0.25) is 0 Å². The van der Waals surface area contributed by atoms with Gasteiger partial charge in [-0.15, -0.1) is 0 Å². The Hall–Kier alpha value is -2.40. The van der Waals surface area contributed by atoms with E-state index in [9.17, 15) is 9.18 Å². The zero-order chi connectivity index (χ0) is 15.3. The highest BCUT2D eigenvalue weighted by Gasteiger charge is 2.27. The van der Waals surface area contributed by atoms with Crippen LogP contribution in [-0.4, -0.2) is 12.6 Å². The fourth-order valence-corrected chi connectivity index (χ4v) is 2.01. The maximum Gasteiger partial charge on any atom is 0.320 e. The maximum absolute atomic E-state index is 13.5. The second-order valence-electron chi connectivity index (χ2n) is 4.96. The van der Waals surface area contributed by atoms with Gasteiger partial charge < -0.3 is 16.4 Å². The number of para-hydroxylation sites is 1. The van der Waals surface area contributed by atoms with E-state index in [-0.39, 0.29) is 12.2 Å². The number of anilines is 1. The van der Waals surface area contributed by atoms with E-state index in [0.29, 0.717) is 0 Å².